The van der Waals surface area contributed by atoms with Gasteiger partial charge < -0.3 is 0 Å². The lowest BCUT2D eigenvalue weighted by Crippen LogP contribution is -2.14. The first kappa shape index (κ1) is 12.6. The van der Waals surface area contributed by atoms with Crippen molar-refractivity contribution in [3.63, 3.8) is 0 Å². The first-order valence-corrected chi connectivity index (χ1v) is 5.70. The van der Waals surface area contributed by atoms with E-state index in [2.05, 4.69) is 4.98 Å². The Hall–Kier alpha value is -0.500. The van der Waals surface area contributed by atoms with E-state index in [-0.39, 0.29) is 0 Å². The van der Waals surface area contributed by atoms with Gasteiger partial charge in [-0.25, -0.2) is 22.3 Å². The number of sulfonamides is 1. The molecule has 0 radical (unpaired) electrons. The number of hydrogen-bond acceptors (Lipinski definition) is 3. The van der Waals surface area contributed by atoms with Gasteiger partial charge in [-0.3, -0.25) is 4.98 Å². The van der Waals surface area contributed by atoms with Crippen LogP contribution < -0.4 is 5.14 Å². The zero-order valence-corrected chi connectivity index (χ0v) is 9.24. The first-order chi connectivity index (χ1) is 6.75. The van der Waals surface area contributed by atoms with E-state index in [1.165, 1.54) is 0 Å². The second-order valence-electron chi connectivity index (χ2n) is 2.48. The van der Waals surface area contributed by atoms with Crippen LogP contribution in [-0.2, 0) is 10.0 Å². The molecule has 0 saturated heterocycles. The quantitative estimate of drug-likeness (QED) is 0.898. The molecular weight excluding hydrogens is 273 g/mol. The Morgan fingerprint density at radius 3 is 2.27 bits per heavy atom. The highest BCUT2D eigenvalue weighted by molar-refractivity contribution is 7.89. The molecule has 84 valence electrons. The highest BCUT2D eigenvalue weighted by atomic mass is 35.5. The summed E-state index contributed by atoms with van der Waals surface area (Å²) in [5.41, 5.74) is -0.783. The number of aromatic nitrogens is 1. The summed E-state index contributed by atoms with van der Waals surface area (Å²) in [6, 6.07) is 0. The van der Waals surface area contributed by atoms with E-state index in [0.717, 1.165) is 0 Å². The molecule has 0 unspecified atom stereocenters. The zero-order valence-electron chi connectivity index (χ0n) is 6.92. The lowest BCUT2D eigenvalue weighted by Gasteiger charge is -2.06. The molecule has 0 spiro atoms. The van der Waals surface area contributed by atoms with Crippen LogP contribution in [0.15, 0.2) is 11.1 Å². The summed E-state index contributed by atoms with van der Waals surface area (Å²) < 4.78 is 46.3. The molecule has 0 saturated carbocycles. The molecule has 0 fully saturated rings. The predicted octanol–water partition coefficient (Wildman–Crippen LogP) is 1.97. The number of hydrogen-bond donors (Lipinski definition) is 1. The van der Waals surface area contributed by atoms with Crippen molar-refractivity contribution in [2.45, 2.75) is 11.3 Å². The fraction of sp³-hybridized carbons (Fsp3) is 0.167. The van der Waals surface area contributed by atoms with Crippen LogP contribution in [0.4, 0.5) is 8.78 Å². The Kier molecular flexibility index (Phi) is 3.49. The van der Waals surface area contributed by atoms with Crippen LogP contribution in [0.1, 0.15) is 12.1 Å². The number of nitrogens with two attached hydrogens (primary N) is 1. The molecule has 2 N–H and O–H groups in total. The van der Waals surface area contributed by atoms with Crippen LogP contribution in [0.25, 0.3) is 0 Å². The summed E-state index contributed by atoms with van der Waals surface area (Å²) in [5, 5.41) is 3.59. The van der Waals surface area contributed by atoms with Gasteiger partial charge >= 0.3 is 0 Å². The summed E-state index contributed by atoms with van der Waals surface area (Å²) in [7, 11) is -4.12. The van der Waals surface area contributed by atoms with Crippen molar-refractivity contribution in [2.24, 2.45) is 5.14 Å². The summed E-state index contributed by atoms with van der Waals surface area (Å²) in [4.78, 5) is 2.59. The van der Waals surface area contributed by atoms with Gasteiger partial charge in [-0.2, -0.15) is 0 Å². The second kappa shape index (κ2) is 4.17. The molecule has 1 rings (SSSR count). The minimum Gasteiger partial charge on any atom is -0.252 e. The maximum atomic E-state index is 12.2. The highest BCUT2D eigenvalue weighted by Gasteiger charge is 2.22. The maximum Gasteiger partial charge on any atom is 0.281 e. The van der Waals surface area contributed by atoms with Gasteiger partial charge in [0.05, 0.1) is 10.0 Å². The first-order valence-electron chi connectivity index (χ1n) is 3.40. The summed E-state index contributed by atoms with van der Waals surface area (Å²) in [5.74, 6) is 0. The van der Waals surface area contributed by atoms with Crippen molar-refractivity contribution in [1.82, 2.24) is 4.98 Å². The van der Waals surface area contributed by atoms with Crippen molar-refractivity contribution < 1.29 is 17.2 Å². The Balaban J connectivity index is 3.48. The van der Waals surface area contributed by atoms with E-state index < -0.39 is 37.1 Å². The molecule has 0 aliphatic carbocycles. The smallest absolute Gasteiger partial charge is 0.252 e. The molecule has 0 atom stereocenters. The molecule has 0 aliphatic heterocycles. The average molecular weight is 277 g/mol. The van der Waals surface area contributed by atoms with Crippen LogP contribution in [0.3, 0.4) is 0 Å². The number of nitrogens with zero attached hydrogens (tertiary/aromatic N) is 1. The third kappa shape index (κ3) is 2.54. The Morgan fingerprint density at radius 1 is 1.33 bits per heavy atom. The van der Waals surface area contributed by atoms with Gasteiger partial charge in [0.15, 0.2) is 0 Å². The summed E-state index contributed by atoms with van der Waals surface area (Å²) in [6.07, 6.45) is -2.30. The highest BCUT2D eigenvalue weighted by Crippen LogP contribution is 2.34. The van der Waals surface area contributed by atoms with E-state index in [9.17, 15) is 17.2 Å². The molecule has 0 aliphatic rings. The van der Waals surface area contributed by atoms with Crippen LogP contribution >= 0.6 is 23.2 Å². The molecule has 0 amide bonds. The van der Waals surface area contributed by atoms with E-state index in [1.54, 1.807) is 0 Å². The third-order valence-corrected chi connectivity index (χ3v) is 3.37. The van der Waals surface area contributed by atoms with Gasteiger partial charge in [-0.05, 0) is 0 Å². The minimum absolute atomic E-state index is 0.551. The van der Waals surface area contributed by atoms with Gasteiger partial charge in [0.1, 0.15) is 10.6 Å². The molecule has 0 aromatic carbocycles. The lowest BCUT2D eigenvalue weighted by atomic mass is 10.3. The van der Waals surface area contributed by atoms with Crippen molar-refractivity contribution in [3.05, 3.63) is 21.9 Å². The molecular formula is C6H4Cl2F2N2O2S. The summed E-state index contributed by atoms with van der Waals surface area (Å²) in [6.45, 7) is 0. The number of pyridine rings is 1. The zero-order chi connectivity index (χ0) is 11.8. The second-order valence-corrected chi connectivity index (χ2v) is 4.77. The fourth-order valence-corrected chi connectivity index (χ4v) is 2.12. The Bertz CT molecular complexity index is 492. The van der Waals surface area contributed by atoms with Gasteiger partial charge in [0.25, 0.3) is 6.43 Å². The molecule has 0 bridgehead atoms. The average Bonchev–Trinajstić information content (AvgIpc) is 2.06. The molecule has 4 nitrogen and oxygen atoms in total. The van der Waals surface area contributed by atoms with E-state index in [0.29, 0.717) is 6.20 Å². The molecule has 15 heavy (non-hydrogen) atoms. The number of halogens is 4. The molecule has 1 aromatic rings. The predicted molar refractivity (Wildman–Crippen MR) is 50.6 cm³/mol. The standard InChI is InChI=1S/C6H4Cl2F2N2O2S/c7-3-2(15(11,13)14)1-12-5(4(3)8)6(9)10/h1,6H,(H2,11,13,14). The Morgan fingerprint density at radius 2 is 1.87 bits per heavy atom. The van der Waals surface area contributed by atoms with Crippen LogP contribution in [0, 0.1) is 0 Å². The molecule has 1 aromatic heterocycles. The third-order valence-electron chi connectivity index (χ3n) is 1.47. The monoisotopic (exact) mass is 276 g/mol. The van der Waals surface area contributed by atoms with E-state index in [1.807, 2.05) is 0 Å². The van der Waals surface area contributed by atoms with Gasteiger partial charge in [-0.15, -0.1) is 0 Å². The normalized spacial score (nSPS) is 12.1. The number of primary sulfonamides is 1. The van der Waals surface area contributed by atoms with E-state index in [4.69, 9.17) is 28.3 Å². The largest absolute Gasteiger partial charge is 0.281 e. The molecule has 1 heterocycles. The minimum atomic E-state index is -4.12. The van der Waals surface area contributed by atoms with Gasteiger partial charge in [0, 0.05) is 6.20 Å². The van der Waals surface area contributed by atoms with Gasteiger partial charge in [0.2, 0.25) is 10.0 Å². The topological polar surface area (TPSA) is 73.1 Å². The van der Waals surface area contributed by atoms with Gasteiger partial charge in [-0.1, -0.05) is 23.2 Å². The van der Waals surface area contributed by atoms with Crippen LogP contribution in [-0.4, -0.2) is 13.4 Å². The SMILES string of the molecule is NS(=O)(=O)c1cnc(C(F)F)c(Cl)c1Cl. The maximum absolute atomic E-state index is 12.2. The van der Waals surface area contributed by atoms with Crippen molar-refractivity contribution in [2.75, 3.05) is 0 Å². The lowest BCUT2D eigenvalue weighted by molar-refractivity contribution is 0.146. The van der Waals surface area contributed by atoms with Crippen molar-refractivity contribution in [1.29, 1.82) is 0 Å². The molecule has 9 heteroatoms. The Labute approximate surface area is 94.1 Å². The summed E-state index contributed by atoms with van der Waals surface area (Å²) >= 11 is 10.9. The number of alkyl halides is 2. The van der Waals surface area contributed by atoms with Crippen LogP contribution in [0.5, 0.6) is 0 Å². The van der Waals surface area contributed by atoms with Crippen LogP contribution in [0.2, 0.25) is 10.0 Å². The number of rotatable bonds is 2. The van der Waals surface area contributed by atoms with Crippen molar-refractivity contribution in [3.8, 4) is 0 Å². The van der Waals surface area contributed by atoms with E-state index >= 15 is 0 Å². The fourth-order valence-electron chi connectivity index (χ4n) is 0.813. The van der Waals surface area contributed by atoms with Crippen molar-refractivity contribution >= 4 is 33.2 Å².